The van der Waals surface area contributed by atoms with Crippen LogP contribution in [-0.2, 0) is 6.54 Å². The molecule has 2 N–H and O–H groups in total. The Balaban J connectivity index is 2.63. The van der Waals surface area contributed by atoms with Crippen molar-refractivity contribution in [1.29, 1.82) is 0 Å². The monoisotopic (exact) mass is 345 g/mol. The smallest absolute Gasteiger partial charge is 0.283 e. The summed E-state index contributed by atoms with van der Waals surface area (Å²) in [5.41, 5.74) is -0.0133. The lowest BCUT2D eigenvalue weighted by molar-refractivity contribution is -0.385. The average molecular weight is 346 g/mol. The van der Waals surface area contributed by atoms with Crippen molar-refractivity contribution in [3.8, 4) is 0 Å². The fraction of sp³-hybridized carbons (Fsp3) is 0.538. The third-order valence-electron chi connectivity index (χ3n) is 2.73. The lowest BCUT2D eigenvalue weighted by Gasteiger charge is -2.27. The number of nitro groups is 1. The second-order valence-electron chi connectivity index (χ2n) is 5.35. The van der Waals surface area contributed by atoms with Gasteiger partial charge in [-0.1, -0.05) is 12.1 Å². The van der Waals surface area contributed by atoms with E-state index in [0.29, 0.717) is 24.1 Å². The van der Waals surface area contributed by atoms with Gasteiger partial charge < -0.3 is 15.3 Å². The van der Waals surface area contributed by atoms with Crippen LogP contribution in [0.4, 0.5) is 5.69 Å². The van der Waals surface area contributed by atoms with Gasteiger partial charge in [-0.15, -0.1) is 0 Å². The van der Waals surface area contributed by atoms with E-state index in [1.54, 1.807) is 13.0 Å². The van der Waals surface area contributed by atoms with Crippen molar-refractivity contribution < 1.29 is 10.0 Å². The van der Waals surface area contributed by atoms with Crippen LogP contribution in [0, 0.1) is 10.1 Å². The van der Waals surface area contributed by atoms with E-state index in [4.69, 9.17) is 0 Å². The van der Waals surface area contributed by atoms with Crippen molar-refractivity contribution in [2.45, 2.75) is 19.1 Å². The number of benzene rings is 1. The minimum absolute atomic E-state index is 0.0457. The normalized spacial score (nSPS) is 14.3. The first-order chi connectivity index (χ1) is 9.23. The maximum absolute atomic E-state index is 10.8. The molecule has 0 bridgehead atoms. The minimum Gasteiger partial charge on any atom is -0.388 e. The van der Waals surface area contributed by atoms with Gasteiger partial charge in [-0.2, -0.15) is 0 Å². The van der Waals surface area contributed by atoms with E-state index in [0.717, 1.165) is 5.56 Å². The van der Waals surface area contributed by atoms with Crippen LogP contribution in [0.15, 0.2) is 22.7 Å². The summed E-state index contributed by atoms with van der Waals surface area (Å²) in [4.78, 5) is 12.3. The van der Waals surface area contributed by atoms with Crippen molar-refractivity contribution in [3.63, 3.8) is 0 Å². The Morgan fingerprint density at radius 3 is 2.70 bits per heavy atom. The molecule has 112 valence electrons. The molecule has 0 aliphatic heterocycles. The predicted octanol–water partition coefficient (Wildman–Crippen LogP) is 1.76. The van der Waals surface area contributed by atoms with Gasteiger partial charge >= 0.3 is 0 Å². The van der Waals surface area contributed by atoms with Crippen LogP contribution in [0.1, 0.15) is 12.5 Å². The van der Waals surface area contributed by atoms with E-state index in [-0.39, 0.29) is 5.69 Å². The molecule has 0 aliphatic rings. The molecule has 0 heterocycles. The predicted molar refractivity (Wildman–Crippen MR) is 81.7 cm³/mol. The summed E-state index contributed by atoms with van der Waals surface area (Å²) < 4.78 is 0.477. The molecule has 6 nitrogen and oxygen atoms in total. The van der Waals surface area contributed by atoms with Gasteiger partial charge in [-0.25, -0.2) is 0 Å². The number of nitro benzene ring substituents is 1. The topological polar surface area (TPSA) is 78.6 Å². The number of hydrogen-bond donors (Lipinski definition) is 2. The Bertz CT molecular complexity index is 478. The summed E-state index contributed by atoms with van der Waals surface area (Å²) in [6.07, 6.45) is 0. The van der Waals surface area contributed by atoms with E-state index in [9.17, 15) is 15.2 Å². The molecule has 1 unspecified atom stereocenters. The Labute approximate surface area is 127 Å². The van der Waals surface area contributed by atoms with Crippen molar-refractivity contribution in [2.75, 3.05) is 27.2 Å². The van der Waals surface area contributed by atoms with Gasteiger partial charge in [0.1, 0.15) is 0 Å². The second kappa shape index (κ2) is 7.12. The fourth-order valence-corrected chi connectivity index (χ4v) is 2.60. The Hall–Kier alpha value is -1.02. The highest BCUT2D eigenvalue weighted by Crippen LogP contribution is 2.28. The van der Waals surface area contributed by atoms with Crippen LogP contribution in [0.2, 0.25) is 0 Å². The molecular formula is C13H20BrN3O3. The molecule has 7 heteroatoms. The zero-order valence-corrected chi connectivity index (χ0v) is 13.5. The molecule has 0 amide bonds. The average Bonchev–Trinajstić information content (AvgIpc) is 2.29. The van der Waals surface area contributed by atoms with Crippen LogP contribution in [0.25, 0.3) is 0 Å². The summed E-state index contributed by atoms with van der Waals surface area (Å²) in [7, 11) is 3.79. The lowest BCUT2D eigenvalue weighted by atomic mass is 10.1. The standard InChI is InChI=1S/C13H20BrN3O3/c1-13(18,9-16(2)3)8-15-7-10-5-4-6-11(12(10)14)17(19)20/h4-6,15,18H,7-9H2,1-3H3. The largest absolute Gasteiger partial charge is 0.388 e. The molecule has 0 radical (unpaired) electrons. The Morgan fingerprint density at radius 1 is 1.50 bits per heavy atom. The van der Waals surface area contributed by atoms with Crippen molar-refractivity contribution in [2.24, 2.45) is 0 Å². The van der Waals surface area contributed by atoms with Crippen LogP contribution in [0.3, 0.4) is 0 Å². The number of aliphatic hydroxyl groups is 1. The van der Waals surface area contributed by atoms with Crippen molar-refractivity contribution in [1.82, 2.24) is 10.2 Å². The number of hydrogen-bond acceptors (Lipinski definition) is 5. The van der Waals surface area contributed by atoms with Crippen LogP contribution >= 0.6 is 15.9 Å². The van der Waals surface area contributed by atoms with E-state index in [2.05, 4.69) is 21.2 Å². The number of likely N-dealkylation sites (N-methyl/N-ethyl adjacent to an activating group) is 1. The summed E-state index contributed by atoms with van der Waals surface area (Å²) >= 11 is 3.25. The van der Waals surface area contributed by atoms with E-state index in [1.165, 1.54) is 6.07 Å². The minimum atomic E-state index is -0.851. The maximum atomic E-state index is 10.8. The summed E-state index contributed by atoms with van der Waals surface area (Å²) in [6, 6.07) is 4.92. The molecule has 0 aliphatic carbocycles. The molecule has 1 atom stereocenters. The third kappa shape index (κ3) is 5.16. The molecule has 0 aromatic heterocycles. The SMILES string of the molecule is CN(C)CC(C)(O)CNCc1cccc([N+](=O)[O-])c1Br. The van der Waals surface area contributed by atoms with Crippen molar-refractivity contribution in [3.05, 3.63) is 38.3 Å². The lowest BCUT2D eigenvalue weighted by Crippen LogP contribution is -2.45. The molecule has 1 aromatic carbocycles. The van der Waals surface area contributed by atoms with E-state index in [1.807, 2.05) is 25.1 Å². The molecule has 0 spiro atoms. The Morgan fingerprint density at radius 2 is 2.15 bits per heavy atom. The number of nitrogens with one attached hydrogen (secondary N) is 1. The molecular weight excluding hydrogens is 326 g/mol. The van der Waals surface area contributed by atoms with Crippen LogP contribution < -0.4 is 5.32 Å². The maximum Gasteiger partial charge on any atom is 0.283 e. The second-order valence-corrected chi connectivity index (χ2v) is 6.14. The number of nitrogens with zero attached hydrogens (tertiary/aromatic N) is 2. The zero-order valence-electron chi connectivity index (χ0n) is 11.9. The van der Waals surface area contributed by atoms with E-state index >= 15 is 0 Å². The quantitative estimate of drug-likeness (QED) is 0.581. The molecule has 0 saturated carbocycles. The van der Waals surface area contributed by atoms with Crippen LogP contribution in [0.5, 0.6) is 0 Å². The zero-order chi connectivity index (χ0) is 15.3. The highest BCUT2D eigenvalue weighted by Gasteiger charge is 2.21. The highest BCUT2D eigenvalue weighted by atomic mass is 79.9. The number of rotatable bonds is 7. The van der Waals surface area contributed by atoms with Gasteiger partial charge in [0.25, 0.3) is 5.69 Å². The van der Waals surface area contributed by atoms with Crippen molar-refractivity contribution >= 4 is 21.6 Å². The van der Waals surface area contributed by atoms with Gasteiger partial charge in [-0.05, 0) is 42.5 Å². The first kappa shape index (κ1) is 17.0. The van der Waals surface area contributed by atoms with Crippen LogP contribution in [-0.4, -0.2) is 47.7 Å². The molecule has 1 aromatic rings. The highest BCUT2D eigenvalue weighted by molar-refractivity contribution is 9.10. The van der Waals surface area contributed by atoms with E-state index < -0.39 is 10.5 Å². The van der Waals surface area contributed by atoms with Gasteiger partial charge in [0.05, 0.1) is 15.0 Å². The van der Waals surface area contributed by atoms with Gasteiger partial charge in [0.2, 0.25) is 0 Å². The van der Waals surface area contributed by atoms with Gasteiger partial charge in [0.15, 0.2) is 0 Å². The molecule has 0 fully saturated rings. The molecule has 0 saturated heterocycles. The van der Waals surface area contributed by atoms with Gasteiger partial charge in [-0.3, -0.25) is 10.1 Å². The first-order valence-electron chi connectivity index (χ1n) is 6.22. The first-order valence-corrected chi connectivity index (χ1v) is 7.02. The summed E-state index contributed by atoms with van der Waals surface area (Å²) in [5, 5.41) is 24.1. The Kier molecular flexibility index (Phi) is 6.07. The summed E-state index contributed by atoms with van der Waals surface area (Å²) in [5.74, 6) is 0. The third-order valence-corrected chi connectivity index (χ3v) is 3.65. The summed E-state index contributed by atoms with van der Waals surface area (Å²) in [6.45, 7) is 3.14. The fourth-order valence-electron chi connectivity index (χ4n) is 2.05. The molecule has 20 heavy (non-hydrogen) atoms. The molecule has 1 rings (SSSR count). The van der Waals surface area contributed by atoms with Gasteiger partial charge in [0, 0.05) is 25.7 Å². The number of halogens is 1.